The van der Waals surface area contributed by atoms with Gasteiger partial charge in [-0.3, -0.25) is 0 Å². The van der Waals surface area contributed by atoms with Crippen LogP contribution in [0.15, 0.2) is 24.3 Å². The molecule has 0 saturated carbocycles. The number of hydrogen-bond acceptors (Lipinski definition) is 4. The SMILES string of the molecule is CN1CCSCC1C(N)Cc1ccc(OC(F)(F)F)cc1. The van der Waals surface area contributed by atoms with Crippen LogP contribution in [-0.4, -0.2) is 48.4 Å². The Morgan fingerprint density at radius 3 is 2.62 bits per heavy atom. The van der Waals surface area contributed by atoms with Gasteiger partial charge in [0, 0.05) is 30.1 Å². The van der Waals surface area contributed by atoms with Crippen molar-refractivity contribution in [3.8, 4) is 5.75 Å². The molecule has 1 heterocycles. The van der Waals surface area contributed by atoms with Gasteiger partial charge in [0.1, 0.15) is 5.75 Å². The predicted octanol–water partition coefficient (Wildman–Crippen LogP) is 2.50. The molecule has 21 heavy (non-hydrogen) atoms. The molecule has 2 rings (SSSR count). The van der Waals surface area contributed by atoms with Crippen LogP contribution in [0.2, 0.25) is 0 Å². The first-order valence-corrected chi connectivity index (χ1v) is 7.89. The van der Waals surface area contributed by atoms with Gasteiger partial charge in [-0.2, -0.15) is 11.8 Å². The lowest BCUT2D eigenvalue weighted by Gasteiger charge is -2.36. The summed E-state index contributed by atoms with van der Waals surface area (Å²) in [5, 5.41) is 0. The zero-order chi connectivity index (χ0) is 15.5. The molecule has 1 saturated heterocycles. The summed E-state index contributed by atoms with van der Waals surface area (Å²) in [5.74, 6) is 1.90. The van der Waals surface area contributed by atoms with Gasteiger partial charge < -0.3 is 15.4 Å². The Bertz CT molecular complexity index is 453. The van der Waals surface area contributed by atoms with Gasteiger partial charge in [-0.25, -0.2) is 0 Å². The smallest absolute Gasteiger partial charge is 0.406 e. The van der Waals surface area contributed by atoms with Crippen LogP contribution < -0.4 is 10.5 Å². The molecule has 0 spiro atoms. The minimum atomic E-state index is -4.65. The first-order chi connectivity index (χ1) is 9.85. The third-order valence-electron chi connectivity index (χ3n) is 3.57. The number of alkyl halides is 3. The van der Waals surface area contributed by atoms with E-state index in [1.807, 2.05) is 11.8 Å². The van der Waals surface area contributed by atoms with Gasteiger partial charge in [-0.1, -0.05) is 12.1 Å². The minimum Gasteiger partial charge on any atom is -0.406 e. The van der Waals surface area contributed by atoms with E-state index in [0.29, 0.717) is 12.5 Å². The van der Waals surface area contributed by atoms with Gasteiger partial charge in [0.05, 0.1) is 0 Å². The molecule has 2 atom stereocenters. The van der Waals surface area contributed by atoms with E-state index >= 15 is 0 Å². The number of likely N-dealkylation sites (N-methyl/N-ethyl adjacent to an activating group) is 1. The van der Waals surface area contributed by atoms with E-state index in [9.17, 15) is 13.2 Å². The maximum absolute atomic E-state index is 12.1. The second-order valence-electron chi connectivity index (χ2n) is 5.18. The van der Waals surface area contributed by atoms with E-state index in [0.717, 1.165) is 23.6 Å². The zero-order valence-electron chi connectivity index (χ0n) is 11.8. The topological polar surface area (TPSA) is 38.5 Å². The van der Waals surface area contributed by atoms with Gasteiger partial charge in [-0.15, -0.1) is 13.2 Å². The highest BCUT2D eigenvalue weighted by Crippen LogP contribution is 2.24. The molecule has 1 aromatic rings. The van der Waals surface area contributed by atoms with E-state index in [-0.39, 0.29) is 11.8 Å². The van der Waals surface area contributed by atoms with Crippen molar-refractivity contribution < 1.29 is 17.9 Å². The number of rotatable bonds is 4. The molecule has 0 aromatic heterocycles. The number of nitrogens with zero attached hydrogens (tertiary/aromatic N) is 1. The van der Waals surface area contributed by atoms with Crippen LogP contribution >= 0.6 is 11.8 Å². The Balaban J connectivity index is 1.93. The summed E-state index contributed by atoms with van der Waals surface area (Å²) in [4.78, 5) is 2.25. The summed E-state index contributed by atoms with van der Waals surface area (Å²) < 4.78 is 40.1. The monoisotopic (exact) mass is 320 g/mol. The fourth-order valence-electron chi connectivity index (χ4n) is 2.39. The fourth-order valence-corrected chi connectivity index (χ4v) is 3.72. The summed E-state index contributed by atoms with van der Waals surface area (Å²) >= 11 is 1.89. The largest absolute Gasteiger partial charge is 0.573 e. The van der Waals surface area contributed by atoms with Crippen LogP contribution in [0.3, 0.4) is 0 Å². The third kappa shape index (κ3) is 5.09. The van der Waals surface area contributed by atoms with Crippen molar-refractivity contribution >= 4 is 11.8 Å². The molecule has 2 N–H and O–H groups in total. The lowest BCUT2D eigenvalue weighted by Crippen LogP contribution is -2.51. The Labute approximate surface area is 126 Å². The van der Waals surface area contributed by atoms with Crippen LogP contribution in [0.4, 0.5) is 13.2 Å². The maximum Gasteiger partial charge on any atom is 0.573 e. The first kappa shape index (κ1) is 16.5. The van der Waals surface area contributed by atoms with Crippen molar-refractivity contribution in [2.45, 2.75) is 24.9 Å². The third-order valence-corrected chi connectivity index (χ3v) is 4.61. The summed E-state index contributed by atoms with van der Waals surface area (Å²) in [7, 11) is 2.06. The van der Waals surface area contributed by atoms with Crippen molar-refractivity contribution in [1.82, 2.24) is 4.90 Å². The van der Waals surface area contributed by atoms with E-state index in [2.05, 4.69) is 16.7 Å². The highest BCUT2D eigenvalue weighted by molar-refractivity contribution is 7.99. The van der Waals surface area contributed by atoms with Crippen LogP contribution in [0.25, 0.3) is 0 Å². The van der Waals surface area contributed by atoms with Crippen LogP contribution in [0.1, 0.15) is 5.56 Å². The van der Waals surface area contributed by atoms with E-state index in [1.54, 1.807) is 12.1 Å². The van der Waals surface area contributed by atoms with Gasteiger partial charge in [0.15, 0.2) is 0 Å². The van der Waals surface area contributed by atoms with Gasteiger partial charge in [0.2, 0.25) is 0 Å². The molecule has 1 aliphatic rings. The molecule has 2 unspecified atom stereocenters. The van der Waals surface area contributed by atoms with Gasteiger partial charge >= 0.3 is 6.36 Å². The van der Waals surface area contributed by atoms with E-state index in [4.69, 9.17) is 5.73 Å². The van der Waals surface area contributed by atoms with Crippen LogP contribution in [0.5, 0.6) is 5.75 Å². The quantitative estimate of drug-likeness (QED) is 0.925. The van der Waals surface area contributed by atoms with Crippen molar-refractivity contribution in [3.05, 3.63) is 29.8 Å². The highest BCUT2D eigenvalue weighted by Gasteiger charge is 2.31. The van der Waals surface area contributed by atoms with Crippen molar-refractivity contribution in [2.75, 3.05) is 25.1 Å². The molecule has 1 fully saturated rings. The van der Waals surface area contributed by atoms with Gasteiger partial charge in [-0.05, 0) is 31.2 Å². The first-order valence-electron chi connectivity index (χ1n) is 6.73. The molecule has 3 nitrogen and oxygen atoms in total. The molecule has 0 aliphatic carbocycles. The molecule has 1 aromatic carbocycles. The Hall–Kier alpha value is -0.920. The predicted molar refractivity (Wildman–Crippen MR) is 78.5 cm³/mol. The number of thioether (sulfide) groups is 1. The van der Waals surface area contributed by atoms with Gasteiger partial charge in [0.25, 0.3) is 0 Å². The Morgan fingerprint density at radius 2 is 2.05 bits per heavy atom. The van der Waals surface area contributed by atoms with Crippen molar-refractivity contribution in [2.24, 2.45) is 5.73 Å². The van der Waals surface area contributed by atoms with E-state index < -0.39 is 6.36 Å². The average Bonchev–Trinajstić information content (AvgIpc) is 2.40. The van der Waals surface area contributed by atoms with Crippen LogP contribution in [-0.2, 0) is 6.42 Å². The summed E-state index contributed by atoms with van der Waals surface area (Å²) in [5.41, 5.74) is 7.16. The number of benzene rings is 1. The molecule has 0 radical (unpaired) electrons. The molecule has 0 bridgehead atoms. The second kappa shape index (κ2) is 6.89. The Morgan fingerprint density at radius 1 is 1.38 bits per heavy atom. The Kier molecular flexibility index (Phi) is 5.40. The number of hydrogen-bond donors (Lipinski definition) is 1. The number of ether oxygens (including phenoxy) is 1. The molecule has 0 amide bonds. The highest BCUT2D eigenvalue weighted by atomic mass is 32.2. The van der Waals surface area contributed by atoms with E-state index in [1.165, 1.54) is 12.1 Å². The second-order valence-corrected chi connectivity index (χ2v) is 6.33. The molecule has 7 heteroatoms. The lowest BCUT2D eigenvalue weighted by molar-refractivity contribution is -0.274. The average molecular weight is 320 g/mol. The normalized spacial score (nSPS) is 22.0. The minimum absolute atomic E-state index is 0.0304. The zero-order valence-corrected chi connectivity index (χ0v) is 12.6. The summed E-state index contributed by atoms with van der Waals surface area (Å²) in [6, 6.07) is 6.20. The van der Waals surface area contributed by atoms with Crippen molar-refractivity contribution in [3.63, 3.8) is 0 Å². The standard InChI is InChI=1S/C14H19F3N2OS/c1-19-6-7-21-9-13(19)12(18)8-10-2-4-11(5-3-10)20-14(15,16)17/h2-5,12-13H,6-9,18H2,1H3. The van der Waals surface area contributed by atoms with Crippen LogP contribution in [0, 0.1) is 0 Å². The maximum atomic E-state index is 12.1. The lowest BCUT2D eigenvalue weighted by atomic mass is 10.00. The summed E-state index contributed by atoms with van der Waals surface area (Å²) in [6.45, 7) is 1.02. The molecular weight excluding hydrogens is 301 g/mol. The molecule has 118 valence electrons. The van der Waals surface area contributed by atoms with Crippen molar-refractivity contribution in [1.29, 1.82) is 0 Å². The summed E-state index contributed by atoms with van der Waals surface area (Å²) in [6.07, 6.45) is -4.01. The fraction of sp³-hybridized carbons (Fsp3) is 0.571. The number of halogens is 3. The number of nitrogens with two attached hydrogens (primary N) is 1. The molecular formula is C14H19F3N2OS. The molecule has 1 aliphatic heterocycles.